The van der Waals surface area contributed by atoms with Crippen LogP contribution in [-0.2, 0) is 14.8 Å². The van der Waals surface area contributed by atoms with Gasteiger partial charge in [-0.1, -0.05) is 11.6 Å². The molecule has 0 unspecified atom stereocenters. The predicted molar refractivity (Wildman–Crippen MR) is 63.3 cm³/mol. The van der Waals surface area contributed by atoms with Crippen LogP contribution in [0.5, 0.6) is 0 Å². The molecule has 0 aliphatic carbocycles. The highest BCUT2D eigenvalue weighted by molar-refractivity contribution is 7.89. The van der Waals surface area contributed by atoms with Crippen molar-refractivity contribution in [2.75, 3.05) is 0 Å². The molecule has 0 bridgehead atoms. The van der Waals surface area contributed by atoms with E-state index in [4.69, 9.17) is 21.5 Å². The fourth-order valence-corrected chi connectivity index (χ4v) is 2.02. The minimum atomic E-state index is -4.28. The molecule has 0 aromatic heterocycles. The van der Waals surface area contributed by atoms with Crippen molar-refractivity contribution in [1.82, 2.24) is 0 Å². The number of primary sulfonamides is 1. The van der Waals surface area contributed by atoms with Gasteiger partial charge in [0.2, 0.25) is 10.0 Å². The minimum Gasteiger partial charge on any atom is -0.459 e. The van der Waals surface area contributed by atoms with Crippen LogP contribution in [0.1, 0.15) is 24.2 Å². The average molecular weight is 296 g/mol. The number of rotatable bonds is 3. The molecule has 5 nitrogen and oxygen atoms in total. The van der Waals surface area contributed by atoms with Crippen molar-refractivity contribution in [3.8, 4) is 0 Å². The zero-order chi connectivity index (χ0) is 14.1. The zero-order valence-electron chi connectivity index (χ0n) is 9.61. The molecule has 0 amide bonds. The highest BCUT2D eigenvalue weighted by atomic mass is 35.5. The van der Waals surface area contributed by atoms with Crippen LogP contribution in [-0.4, -0.2) is 20.5 Å². The first-order valence-electron chi connectivity index (χ1n) is 4.85. The van der Waals surface area contributed by atoms with Gasteiger partial charge in [0.25, 0.3) is 0 Å². The molecular weight excluding hydrogens is 285 g/mol. The summed E-state index contributed by atoms with van der Waals surface area (Å²) in [5, 5.41) is 4.57. The summed E-state index contributed by atoms with van der Waals surface area (Å²) in [4.78, 5) is 10.8. The quantitative estimate of drug-likeness (QED) is 0.860. The van der Waals surface area contributed by atoms with Crippen LogP contribution in [0.25, 0.3) is 0 Å². The lowest BCUT2D eigenvalue weighted by atomic mass is 10.2. The minimum absolute atomic E-state index is 0.245. The maximum absolute atomic E-state index is 13.4. The Morgan fingerprint density at radius 3 is 2.44 bits per heavy atom. The van der Waals surface area contributed by atoms with Crippen molar-refractivity contribution < 1.29 is 22.3 Å². The summed E-state index contributed by atoms with van der Waals surface area (Å²) in [7, 11) is -4.28. The van der Waals surface area contributed by atoms with Gasteiger partial charge < -0.3 is 4.74 Å². The Balaban J connectivity index is 3.34. The molecule has 0 heterocycles. The first kappa shape index (κ1) is 14.9. The lowest BCUT2D eigenvalue weighted by Gasteiger charge is -2.10. The van der Waals surface area contributed by atoms with Crippen LogP contribution in [0.15, 0.2) is 17.0 Å². The van der Waals surface area contributed by atoms with Crippen LogP contribution in [0.2, 0.25) is 5.02 Å². The largest absolute Gasteiger partial charge is 0.459 e. The number of ether oxygens (including phenoxy) is 1. The standard InChI is InChI=1S/C10H11ClFNO4S/c1-5(2)17-10(14)6-3-9(18(13,15)16)8(12)4-7(6)11/h3-5H,1-2H3,(H2,13,15,16). The van der Waals surface area contributed by atoms with E-state index in [1.807, 2.05) is 0 Å². The Morgan fingerprint density at radius 2 is 2.00 bits per heavy atom. The second-order valence-corrected chi connectivity index (χ2v) is 5.70. The maximum atomic E-state index is 13.4. The number of hydrogen-bond donors (Lipinski definition) is 1. The molecule has 0 saturated carbocycles. The number of nitrogens with two attached hydrogens (primary N) is 1. The molecule has 1 aromatic rings. The summed E-state index contributed by atoms with van der Waals surface area (Å²) in [6, 6.07) is 1.47. The number of hydrogen-bond acceptors (Lipinski definition) is 4. The third kappa shape index (κ3) is 3.41. The second kappa shape index (κ2) is 5.21. The first-order valence-corrected chi connectivity index (χ1v) is 6.78. The third-order valence-corrected chi connectivity index (χ3v) is 3.13. The fourth-order valence-electron chi connectivity index (χ4n) is 1.18. The van der Waals surface area contributed by atoms with E-state index in [-0.39, 0.29) is 10.6 Å². The molecule has 0 saturated heterocycles. The molecule has 0 fully saturated rings. The van der Waals surface area contributed by atoms with Crippen LogP contribution in [0, 0.1) is 5.82 Å². The average Bonchev–Trinajstić information content (AvgIpc) is 2.13. The molecule has 0 aliphatic heterocycles. The summed E-state index contributed by atoms with van der Waals surface area (Å²) < 4.78 is 40.4. The van der Waals surface area contributed by atoms with Crippen molar-refractivity contribution in [2.45, 2.75) is 24.8 Å². The lowest BCUT2D eigenvalue weighted by Crippen LogP contribution is -2.17. The predicted octanol–water partition coefficient (Wildman–Crippen LogP) is 1.69. The highest BCUT2D eigenvalue weighted by Gasteiger charge is 2.22. The van der Waals surface area contributed by atoms with Crippen molar-refractivity contribution in [3.63, 3.8) is 0 Å². The number of halogens is 2. The Morgan fingerprint density at radius 1 is 1.44 bits per heavy atom. The van der Waals surface area contributed by atoms with Gasteiger partial charge in [-0.25, -0.2) is 22.7 Å². The Hall–Kier alpha value is -1.18. The van der Waals surface area contributed by atoms with Crippen molar-refractivity contribution in [2.24, 2.45) is 5.14 Å². The third-order valence-electron chi connectivity index (χ3n) is 1.89. The molecule has 0 radical (unpaired) electrons. The number of carbonyl (C=O) groups is 1. The van der Waals surface area contributed by atoms with E-state index >= 15 is 0 Å². The van der Waals surface area contributed by atoms with Gasteiger partial charge in [-0.05, 0) is 26.0 Å². The maximum Gasteiger partial charge on any atom is 0.339 e. The Bertz CT molecular complexity index is 586. The van der Waals surface area contributed by atoms with Crippen molar-refractivity contribution in [1.29, 1.82) is 0 Å². The van der Waals surface area contributed by atoms with Crippen LogP contribution in [0.4, 0.5) is 4.39 Å². The molecule has 1 rings (SSSR count). The van der Waals surface area contributed by atoms with Gasteiger partial charge in [0, 0.05) is 0 Å². The normalized spacial score (nSPS) is 11.7. The van der Waals surface area contributed by atoms with E-state index < -0.39 is 32.8 Å². The topological polar surface area (TPSA) is 86.5 Å². The molecule has 1 aromatic carbocycles. The summed E-state index contributed by atoms with van der Waals surface area (Å²) >= 11 is 5.65. The highest BCUT2D eigenvalue weighted by Crippen LogP contribution is 2.24. The van der Waals surface area contributed by atoms with Gasteiger partial charge in [-0.2, -0.15) is 0 Å². The monoisotopic (exact) mass is 295 g/mol. The van der Waals surface area contributed by atoms with E-state index in [1.165, 1.54) is 0 Å². The van der Waals surface area contributed by atoms with E-state index in [9.17, 15) is 17.6 Å². The van der Waals surface area contributed by atoms with Crippen molar-refractivity contribution >= 4 is 27.6 Å². The lowest BCUT2D eigenvalue weighted by molar-refractivity contribution is 0.0378. The Labute approximate surface area is 109 Å². The van der Waals surface area contributed by atoms with Crippen LogP contribution in [0.3, 0.4) is 0 Å². The number of benzene rings is 1. The molecule has 18 heavy (non-hydrogen) atoms. The molecule has 0 atom stereocenters. The summed E-state index contributed by atoms with van der Waals surface area (Å²) in [5.41, 5.74) is -0.254. The summed E-state index contributed by atoms with van der Waals surface area (Å²) in [5.74, 6) is -1.97. The van der Waals surface area contributed by atoms with E-state index in [2.05, 4.69) is 0 Å². The smallest absolute Gasteiger partial charge is 0.339 e. The molecule has 0 spiro atoms. The van der Waals surface area contributed by atoms with Gasteiger partial charge in [0.05, 0.1) is 16.7 Å². The van der Waals surface area contributed by atoms with Gasteiger partial charge in [-0.3, -0.25) is 0 Å². The van der Waals surface area contributed by atoms with Gasteiger partial charge in [0.15, 0.2) is 0 Å². The SMILES string of the molecule is CC(C)OC(=O)c1cc(S(N)(=O)=O)c(F)cc1Cl. The number of esters is 1. The summed E-state index contributed by atoms with van der Waals surface area (Å²) in [6.45, 7) is 3.21. The van der Waals surface area contributed by atoms with E-state index in [1.54, 1.807) is 13.8 Å². The zero-order valence-corrected chi connectivity index (χ0v) is 11.2. The van der Waals surface area contributed by atoms with Gasteiger partial charge in [0.1, 0.15) is 10.7 Å². The number of sulfonamides is 1. The van der Waals surface area contributed by atoms with E-state index in [0.29, 0.717) is 6.07 Å². The molecule has 100 valence electrons. The Kier molecular flexibility index (Phi) is 4.31. The molecule has 8 heteroatoms. The molecular formula is C10H11ClFNO4S. The van der Waals surface area contributed by atoms with Crippen LogP contribution >= 0.6 is 11.6 Å². The number of carbonyl (C=O) groups excluding carboxylic acids is 1. The molecule has 2 N–H and O–H groups in total. The molecule has 0 aliphatic rings. The van der Waals surface area contributed by atoms with E-state index in [0.717, 1.165) is 6.07 Å². The fraction of sp³-hybridized carbons (Fsp3) is 0.300. The van der Waals surface area contributed by atoms with Gasteiger partial charge in [-0.15, -0.1) is 0 Å². The van der Waals surface area contributed by atoms with Gasteiger partial charge >= 0.3 is 5.97 Å². The summed E-state index contributed by atoms with van der Waals surface area (Å²) in [6.07, 6.45) is -0.420. The van der Waals surface area contributed by atoms with Crippen LogP contribution < -0.4 is 5.14 Å². The van der Waals surface area contributed by atoms with Crippen molar-refractivity contribution in [3.05, 3.63) is 28.5 Å². The first-order chi connectivity index (χ1) is 8.12. The second-order valence-electron chi connectivity index (χ2n) is 3.76.